The Morgan fingerprint density at radius 1 is 1.44 bits per heavy atom. The first-order chi connectivity index (χ1) is 7.74. The lowest BCUT2D eigenvalue weighted by molar-refractivity contribution is 0.112. The van der Waals surface area contributed by atoms with Crippen LogP contribution in [0.3, 0.4) is 0 Å². The van der Waals surface area contributed by atoms with E-state index in [4.69, 9.17) is 11.6 Å². The molecule has 2 aromatic rings. The molecular weight excluding hydrogens is 222 g/mol. The van der Waals surface area contributed by atoms with Crippen LogP contribution in [-0.2, 0) is 0 Å². The Morgan fingerprint density at radius 2 is 2.19 bits per heavy atom. The number of aldehydes is 1. The van der Waals surface area contributed by atoms with Crippen molar-refractivity contribution >= 4 is 28.8 Å². The van der Waals surface area contributed by atoms with Gasteiger partial charge in [0, 0.05) is 11.4 Å². The van der Waals surface area contributed by atoms with Gasteiger partial charge in [0.1, 0.15) is 5.15 Å². The molecule has 0 spiro atoms. The molecule has 0 aliphatic heterocycles. The molecule has 82 valence electrons. The molecule has 0 unspecified atom stereocenters. The van der Waals surface area contributed by atoms with Gasteiger partial charge in [0.05, 0.1) is 11.1 Å². The molecule has 3 rings (SSSR count). The van der Waals surface area contributed by atoms with E-state index >= 15 is 0 Å². The zero-order chi connectivity index (χ0) is 11.3. The number of rotatable bonds is 2. The standard InChI is InChI=1S/C13H12ClNO/c1-8-3-2-4-11-12(8)10(7-16)13(14)15(11)9-5-6-9/h2-4,7,9H,5-6H2,1H3. The Hall–Kier alpha value is -1.28. The molecule has 1 heterocycles. The summed E-state index contributed by atoms with van der Waals surface area (Å²) >= 11 is 6.29. The predicted molar refractivity (Wildman–Crippen MR) is 65.3 cm³/mol. The highest BCUT2D eigenvalue weighted by atomic mass is 35.5. The van der Waals surface area contributed by atoms with E-state index in [1.807, 2.05) is 25.1 Å². The highest BCUT2D eigenvalue weighted by Gasteiger charge is 2.29. The minimum Gasteiger partial charge on any atom is -0.328 e. The number of aryl methyl sites for hydroxylation is 1. The summed E-state index contributed by atoms with van der Waals surface area (Å²) in [5, 5.41) is 1.61. The number of hydrogen-bond acceptors (Lipinski definition) is 1. The number of aromatic nitrogens is 1. The molecule has 2 nitrogen and oxygen atoms in total. The minimum atomic E-state index is 0.491. The second-order valence-corrected chi connectivity index (χ2v) is 4.75. The number of halogens is 1. The lowest BCUT2D eigenvalue weighted by Crippen LogP contribution is -1.93. The predicted octanol–water partition coefficient (Wildman–Crippen LogP) is 3.75. The van der Waals surface area contributed by atoms with Crippen molar-refractivity contribution < 1.29 is 4.79 Å². The SMILES string of the molecule is Cc1cccc2c1c(C=O)c(Cl)n2C1CC1. The van der Waals surface area contributed by atoms with Gasteiger partial charge < -0.3 is 4.57 Å². The van der Waals surface area contributed by atoms with Crippen LogP contribution in [-0.4, -0.2) is 10.9 Å². The van der Waals surface area contributed by atoms with Crippen molar-refractivity contribution in [2.75, 3.05) is 0 Å². The number of carbonyl (C=O) groups excluding carboxylic acids is 1. The molecule has 1 aromatic heterocycles. The largest absolute Gasteiger partial charge is 0.328 e. The maximum Gasteiger partial charge on any atom is 0.153 e. The lowest BCUT2D eigenvalue weighted by atomic mass is 10.1. The summed E-state index contributed by atoms with van der Waals surface area (Å²) in [7, 11) is 0. The summed E-state index contributed by atoms with van der Waals surface area (Å²) in [4.78, 5) is 11.2. The molecule has 0 atom stereocenters. The Bertz CT molecular complexity index is 581. The highest BCUT2D eigenvalue weighted by molar-refractivity contribution is 6.34. The molecule has 0 amide bonds. The molecule has 16 heavy (non-hydrogen) atoms. The molecular formula is C13H12ClNO. The number of carbonyl (C=O) groups is 1. The zero-order valence-corrected chi connectivity index (χ0v) is 9.79. The molecule has 1 fully saturated rings. The monoisotopic (exact) mass is 233 g/mol. The molecule has 0 N–H and O–H groups in total. The van der Waals surface area contributed by atoms with Gasteiger partial charge in [-0.15, -0.1) is 0 Å². The summed E-state index contributed by atoms with van der Waals surface area (Å²) in [6, 6.07) is 6.56. The van der Waals surface area contributed by atoms with Gasteiger partial charge in [0.15, 0.2) is 6.29 Å². The Labute approximate surface area is 98.8 Å². The Balaban J connectivity index is 2.45. The zero-order valence-electron chi connectivity index (χ0n) is 9.03. The van der Waals surface area contributed by atoms with Gasteiger partial charge in [-0.2, -0.15) is 0 Å². The molecule has 0 saturated heterocycles. The van der Waals surface area contributed by atoms with Crippen LogP contribution in [0.25, 0.3) is 10.9 Å². The Morgan fingerprint density at radius 3 is 2.81 bits per heavy atom. The summed E-state index contributed by atoms with van der Waals surface area (Å²) in [5.41, 5.74) is 2.84. The van der Waals surface area contributed by atoms with Crippen molar-refractivity contribution in [1.82, 2.24) is 4.57 Å². The fourth-order valence-electron chi connectivity index (χ4n) is 2.34. The van der Waals surface area contributed by atoms with E-state index in [2.05, 4.69) is 4.57 Å². The van der Waals surface area contributed by atoms with E-state index < -0.39 is 0 Å². The second kappa shape index (κ2) is 3.36. The van der Waals surface area contributed by atoms with E-state index in [9.17, 15) is 4.79 Å². The van der Waals surface area contributed by atoms with Crippen LogP contribution in [0.2, 0.25) is 5.15 Å². The molecule has 0 radical (unpaired) electrons. The normalized spacial score (nSPS) is 15.6. The number of benzene rings is 1. The van der Waals surface area contributed by atoms with E-state index in [0.717, 1.165) is 35.6 Å². The summed E-state index contributed by atoms with van der Waals surface area (Å²) in [6.45, 7) is 2.02. The van der Waals surface area contributed by atoms with Crippen molar-refractivity contribution in [2.45, 2.75) is 25.8 Å². The average molecular weight is 234 g/mol. The molecule has 1 aliphatic rings. The first-order valence-corrected chi connectivity index (χ1v) is 5.86. The van der Waals surface area contributed by atoms with Gasteiger partial charge in [-0.3, -0.25) is 4.79 Å². The fourth-order valence-corrected chi connectivity index (χ4v) is 2.71. The van der Waals surface area contributed by atoms with Crippen LogP contribution >= 0.6 is 11.6 Å². The number of fused-ring (bicyclic) bond motifs is 1. The Kier molecular flexibility index (Phi) is 2.08. The van der Waals surface area contributed by atoms with Gasteiger partial charge in [-0.1, -0.05) is 23.7 Å². The van der Waals surface area contributed by atoms with E-state index in [-0.39, 0.29) is 0 Å². The summed E-state index contributed by atoms with van der Waals surface area (Å²) in [5.74, 6) is 0. The van der Waals surface area contributed by atoms with Crippen molar-refractivity contribution in [3.63, 3.8) is 0 Å². The third-order valence-electron chi connectivity index (χ3n) is 3.24. The van der Waals surface area contributed by atoms with Gasteiger partial charge in [-0.05, 0) is 31.4 Å². The highest BCUT2D eigenvalue weighted by Crippen LogP contribution is 2.43. The number of nitrogens with zero attached hydrogens (tertiary/aromatic N) is 1. The van der Waals surface area contributed by atoms with Crippen molar-refractivity contribution in [2.24, 2.45) is 0 Å². The van der Waals surface area contributed by atoms with Crippen LogP contribution in [0.15, 0.2) is 18.2 Å². The van der Waals surface area contributed by atoms with Crippen molar-refractivity contribution in [1.29, 1.82) is 0 Å². The minimum absolute atomic E-state index is 0.491. The van der Waals surface area contributed by atoms with E-state index in [1.165, 1.54) is 0 Å². The third kappa shape index (κ3) is 1.23. The summed E-state index contributed by atoms with van der Waals surface area (Å²) < 4.78 is 2.10. The molecule has 1 aromatic carbocycles. The van der Waals surface area contributed by atoms with Crippen LogP contribution in [0.4, 0.5) is 0 Å². The number of hydrogen-bond donors (Lipinski definition) is 0. The molecule has 0 bridgehead atoms. The maximum absolute atomic E-state index is 11.2. The third-order valence-corrected chi connectivity index (χ3v) is 3.63. The van der Waals surface area contributed by atoms with E-state index in [1.54, 1.807) is 0 Å². The van der Waals surface area contributed by atoms with Crippen molar-refractivity contribution in [3.05, 3.63) is 34.5 Å². The van der Waals surface area contributed by atoms with Crippen LogP contribution < -0.4 is 0 Å². The van der Waals surface area contributed by atoms with Gasteiger partial charge in [0.2, 0.25) is 0 Å². The lowest BCUT2D eigenvalue weighted by Gasteiger charge is -2.04. The topological polar surface area (TPSA) is 22.0 Å². The fraction of sp³-hybridized carbons (Fsp3) is 0.308. The van der Waals surface area contributed by atoms with E-state index in [0.29, 0.717) is 16.8 Å². The first kappa shape index (κ1) is 9.91. The van der Waals surface area contributed by atoms with Gasteiger partial charge in [0.25, 0.3) is 0 Å². The van der Waals surface area contributed by atoms with Gasteiger partial charge >= 0.3 is 0 Å². The molecule has 1 aliphatic carbocycles. The smallest absolute Gasteiger partial charge is 0.153 e. The first-order valence-electron chi connectivity index (χ1n) is 5.48. The molecule has 1 saturated carbocycles. The van der Waals surface area contributed by atoms with Crippen LogP contribution in [0.1, 0.15) is 34.8 Å². The second-order valence-electron chi connectivity index (χ2n) is 4.39. The average Bonchev–Trinajstić information content (AvgIpc) is 3.04. The van der Waals surface area contributed by atoms with Crippen LogP contribution in [0.5, 0.6) is 0 Å². The van der Waals surface area contributed by atoms with Crippen LogP contribution in [0, 0.1) is 6.92 Å². The van der Waals surface area contributed by atoms with Gasteiger partial charge in [-0.25, -0.2) is 0 Å². The van der Waals surface area contributed by atoms with Crippen molar-refractivity contribution in [3.8, 4) is 0 Å². The maximum atomic E-state index is 11.2. The quantitative estimate of drug-likeness (QED) is 0.724. The molecule has 3 heteroatoms. The summed E-state index contributed by atoms with van der Waals surface area (Å²) in [6.07, 6.45) is 3.20.